The molecule has 1 aliphatic rings. The molecule has 0 radical (unpaired) electrons. The Kier molecular flexibility index (Phi) is 6.34. The van der Waals surface area contributed by atoms with Crippen molar-refractivity contribution >= 4 is 17.6 Å². The first-order chi connectivity index (χ1) is 13.4. The monoisotopic (exact) mass is 385 g/mol. The molecule has 0 aliphatic carbocycles. The first kappa shape index (κ1) is 19.9. The van der Waals surface area contributed by atoms with Gasteiger partial charge in [-0.3, -0.25) is 9.59 Å². The van der Waals surface area contributed by atoms with E-state index in [1.54, 1.807) is 13.0 Å². The van der Waals surface area contributed by atoms with Gasteiger partial charge in [-0.25, -0.2) is 0 Å². The Morgan fingerprint density at radius 1 is 1.25 bits per heavy atom. The molecule has 28 heavy (non-hydrogen) atoms. The fourth-order valence-electron chi connectivity index (χ4n) is 3.33. The third-order valence-electron chi connectivity index (χ3n) is 5.23. The molecular formula is C21H27N3O4. The number of rotatable bonds is 6. The largest absolute Gasteiger partial charge is 0.493 e. The minimum atomic E-state index is -0.118. The Labute approximate surface area is 165 Å². The first-order valence-corrected chi connectivity index (χ1v) is 9.65. The van der Waals surface area contributed by atoms with E-state index >= 15 is 0 Å². The number of amides is 2. The highest BCUT2D eigenvalue weighted by atomic mass is 16.5. The molecule has 1 aromatic carbocycles. The lowest BCUT2D eigenvalue weighted by molar-refractivity contribution is -0.135. The summed E-state index contributed by atoms with van der Waals surface area (Å²) >= 11 is 0. The number of anilines is 1. The predicted octanol–water partition coefficient (Wildman–Crippen LogP) is 3.25. The summed E-state index contributed by atoms with van der Waals surface area (Å²) < 4.78 is 10.7. The van der Waals surface area contributed by atoms with Crippen molar-refractivity contribution in [1.82, 2.24) is 10.1 Å². The third kappa shape index (κ3) is 4.91. The Morgan fingerprint density at radius 2 is 2.00 bits per heavy atom. The fraction of sp³-hybridized carbons (Fsp3) is 0.476. The number of aromatic nitrogens is 1. The number of piperidine rings is 1. The van der Waals surface area contributed by atoms with Crippen LogP contribution in [0.1, 0.15) is 36.1 Å². The van der Waals surface area contributed by atoms with Crippen LogP contribution in [0.3, 0.4) is 0 Å². The molecule has 0 unspecified atom stereocenters. The van der Waals surface area contributed by atoms with Gasteiger partial charge < -0.3 is 19.5 Å². The van der Waals surface area contributed by atoms with Gasteiger partial charge in [0.1, 0.15) is 11.5 Å². The Hall–Kier alpha value is -2.83. The molecule has 1 N–H and O–H groups in total. The highest BCUT2D eigenvalue weighted by Gasteiger charge is 2.27. The van der Waals surface area contributed by atoms with Crippen molar-refractivity contribution in [3.63, 3.8) is 0 Å². The van der Waals surface area contributed by atoms with E-state index < -0.39 is 0 Å². The zero-order valence-corrected chi connectivity index (χ0v) is 16.7. The van der Waals surface area contributed by atoms with E-state index in [2.05, 4.69) is 10.5 Å². The number of ether oxygens (including phenoxy) is 1. The van der Waals surface area contributed by atoms with E-state index in [1.807, 2.05) is 36.9 Å². The van der Waals surface area contributed by atoms with Crippen molar-refractivity contribution in [3.05, 3.63) is 41.2 Å². The highest BCUT2D eigenvalue weighted by molar-refractivity contribution is 5.91. The van der Waals surface area contributed by atoms with Gasteiger partial charge in [-0.15, -0.1) is 0 Å². The zero-order valence-electron chi connectivity index (χ0n) is 16.7. The van der Waals surface area contributed by atoms with Crippen molar-refractivity contribution < 1.29 is 18.8 Å². The second-order valence-corrected chi connectivity index (χ2v) is 7.26. The summed E-state index contributed by atoms with van der Waals surface area (Å²) in [5, 5.41) is 6.55. The molecule has 1 aliphatic heterocycles. The van der Waals surface area contributed by atoms with Gasteiger partial charge in [-0.05, 0) is 50.8 Å². The minimum absolute atomic E-state index is 0.0660. The van der Waals surface area contributed by atoms with Crippen molar-refractivity contribution in [2.45, 2.75) is 40.0 Å². The Bertz CT molecular complexity index is 838. The van der Waals surface area contributed by atoms with Gasteiger partial charge in [0.25, 0.3) is 0 Å². The van der Waals surface area contributed by atoms with Crippen LogP contribution in [0.5, 0.6) is 5.75 Å². The van der Waals surface area contributed by atoms with Crippen molar-refractivity contribution in [2.24, 2.45) is 5.92 Å². The summed E-state index contributed by atoms with van der Waals surface area (Å²) in [6, 6.07) is 7.60. The SMILES string of the molecule is Cc1cc(NC(=O)C2CCN(C(=O)CCOc3cccc(C)c3C)CC2)no1. The topological polar surface area (TPSA) is 84.7 Å². The lowest BCUT2D eigenvalue weighted by Gasteiger charge is -2.31. The molecule has 0 bridgehead atoms. The summed E-state index contributed by atoms with van der Waals surface area (Å²) in [6.07, 6.45) is 1.63. The number of nitrogens with one attached hydrogen (secondary N) is 1. The lowest BCUT2D eigenvalue weighted by Crippen LogP contribution is -2.41. The van der Waals surface area contributed by atoms with Gasteiger partial charge in [0, 0.05) is 25.1 Å². The number of hydrogen-bond acceptors (Lipinski definition) is 5. The molecule has 3 rings (SSSR count). The van der Waals surface area contributed by atoms with Crippen LogP contribution in [0.25, 0.3) is 0 Å². The molecule has 0 atom stereocenters. The maximum Gasteiger partial charge on any atom is 0.228 e. The molecular weight excluding hydrogens is 358 g/mol. The molecule has 0 spiro atoms. The van der Waals surface area contributed by atoms with Crippen LogP contribution in [0.2, 0.25) is 0 Å². The second kappa shape index (κ2) is 8.91. The smallest absolute Gasteiger partial charge is 0.228 e. The third-order valence-corrected chi connectivity index (χ3v) is 5.23. The normalized spacial score (nSPS) is 14.8. The summed E-state index contributed by atoms with van der Waals surface area (Å²) in [6.45, 7) is 7.35. The fourth-order valence-corrected chi connectivity index (χ4v) is 3.33. The molecule has 7 nitrogen and oxygen atoms in total. The number of carbonyl (C=O) groups is 2. The van der Waals surface area contributed by atoms with Gasteiger partial charge in [0.2, 0.25) is 11.8 Å². The molecule has 7 heteroatoms. The molecule has 1 fully saturated rings. The predicted molar refractivity (Wildman–Crippen MR) is 105 cm³/mol. The second-order valence-electron chi connectivity index (χ2n) is 7.26. The Balaban J connectivity index is 1.41. The van der Waals surface area contributed by atoms with E-state index in [-0.39, 0.29) is 17.7 Å². The van der Waals surface area contributed by atoms with Gasteiger partial charge in [-0.1, -0.05) is 17.3 Å². The molecule has 1 saturated heterocycles. The number of likely N-dealkylation sites (tertiary alicyclic amines) is 1. The van der Waals surface area contributed by atoms with Crippen LogP contribution < -0.4 is 10.1 Å². The number of aryl methyl sites for hydroxylation is 2. The maximum absolute atomic E-state index is 12.4. The van der Waals surface area contributed by atoms with Crippen LogP contribution in [-0.2, 0) is 9.59 Å². The molecule has 2 amide bonds. The van der Waals surface area contributed by atoms with Crippen molar-refractivity contribution in [2.75, 3.05) is 25.0 Å². The van der Waals surface area contributed by atoms with Gasteiger partial charge in [0.15, 0.2) is 5.82 Å². The average Bonchev–Trinajstić information content (AvgIpc) is 3.09. The summed E-state index contributed by atoms with van der Waals surface area (Å²) in [7, 11) is 0. The van der Waals surface area contributed by atoms with Crippen molar-refractivity contribution in [1.29, 1.82) is 0 Å². The number of carbonyl (C=O) groups excluding carboxylic acids is 2. The molecule has 2 heterocycles. The maximum atomic E-state index is 12.4. The zero-order chi connectivity index (χ0) is 20.1. The summed E-state index contributed by atoms with van der Waals surface area (Å²) in [5.74, 6) is 1.79. The van der Waals surface area contributed by atoms with Crippen LogP contribution in [0.4, 0.5) is 5.82 Å². The number of hydrogen-bond donors (Lipinski definition) is 1. The van der Waals surface area contributed by atoms with E-state index in [0.29, 0.717) is 50.5 Å². The lowest BCUT2D eigenvalue weighted by atomic mass is 9.95. The number of benzene rings is 1. The van der Waals surface area contributed by atoms with E-state index in [0.717, 1.165) is 11.3 Å². The molecule has 2 aromatic rings. The van der Waals surface area contributed by atoms with E-state index in [9.17, 15) is 9.59 Å². The van der Waals surface area contributed by atoms with Crippen LogP contribution >= 0.6 is 0 Å². The van der Waals surface area contributed by atoms with E-state index in [1.165, 1.54) is 5.56 Å². The summed E-state index contributed by atoms with van der Waals surface area (Å²) in [5.41, 5.74) is 2.27. The van der Waals surface area contributed by atoms with Crippen LogP contribution in [0, 0.1) is 26.7 Å². The van der Waals surface area contributed by atoms with Crippen LogP contribution in [-0.4, -0.2) is 41.6 Å². The van der Waals surface area contributed by atoms with Gasteiger partial charge in [-0.2, -0.15) is 0 Å². The van der Waals surface area contributed by atoms with Gasteiger partial charge in [0.05, 0.1) is 13.0 Å². The summed E-state index contributed by atoms with van der Waals surface area (Å²) in [4.78, 5) is 26.6. The minimum Gasteiger partial charge on any atom is -0.493 e. The van der Waals surface area contributed by atoms with Gasteiger partial charge >= 0.3 is 0 Å². The quantitative estimate of drug-likeness (QED) is 0.825. The van der Waals surface area contributed by atoms with Crippen molar-refractivity contribution in [3.8, 4) is 5.75 Å². The van der Waals surface area contributed by atoms with E-state index in [4.69, 9.17) is 9.26 Å². The molecule has 0 saturated carbocycles. The van der Waals surface area contributed by atoms with Crippen LogP contribution in [0.15, 0.2) is 28.8 Å². The molecule has 1 aromatic heterocycles. The average molecular weight is 385 g/mol. The number of nitrogens with zero attached hydrogens (tertiary/aromatic N) is 2. The standard InChI is InChI=1S/C21H27N3O4/c1-14-5-4-6-18(16(14)3)27-12-9-20(25)24-10-7-17(8-11-24)21(26)22-19-13-15(2)28-23-19/h4-6,13,17H,7-12H2,1-3H3,(H,22,23,26). The first-order valence-electron chi connectivity index (χ1n) is 9.65. The Morgan fingerprint density at radius 3 is 2.68 bits per heavy atom. The highest BCUT2D eigenvalue weighted by Crippen LogP contribution is 2.22. The molecule has 150 valence electrons.